The van der Waals surface area contributed by atoms with E-state index in [9.17, 15) is 4.79 Å². The van der Waals surface area contributed by atoms with Crippen LogP contribution in [0.25, 0.3) is 0 Å². The molecule has 0 saturated carbocycles. The summed E-state index contributed by atoms with van der Waals surface area (Å²) in [6.45, 7) is 2.40. The molecule has 0 spiro atoms. The number of ether oxygens (including phenoxy) is 1. The maximum atomic E-state index is 12.0. The Balaban J connectivity index is 2.46. The number of carbonyl (C=O) groups is 1. The Kier molecular flexibility index (Phi) is 7.31. The smallest absolute Gasteiger partial charge is 0.222 e. The van der Waals surface area contributed by atoms with Gasteiger partial charge in [0, 0.05) is 27.1 Å². The van der Waals surface area contributed by atoms with Gasteiger partial charge in [0.25, 0.3) is 0 Å². The SMILES string of the molecule is COC(C)CCC(=O)N(C)Cc1csc(C#CCO)c1. The van der Waals surface area contributed by atoms with E-state index in [0.717, 1.165) is 16.9 Å². The van der Waals surface area contributed by atoms with Crippen molar-refractivity contribution in [2.75, 3.05) is 20.8 Å². The first-order valence-electron chi connectivity index (χ1n) is 6.50. The topological polar surface area (TPSA) is 49.8 Å². The molecule has 1 aromatic rings. The van der Waals surface area contributed by atoms with Gasteiger partial charge in [-0.25, -0.2) is 0 Å². The van der Waals surface area contributed by atoms with E-state index >= 15 is 0 Å². The van der Waals surface area contributed by atoms with Crippen LogP contribution >= 0.6 is 11.3 Å². The molecule has 4 nitrogen and oxygen atoms in total. The lowest BCUT2D eigenvalue weighted by molar-refractivity contribution is -0.131. The number of methoxy groups -OCH3 is 1. The zero-order valence-electron chi connectivity index (χ0n) is 12.2. The van der Waals surface area contributed by atoms with Crippen molar-refractivity contribution in [2.45, 2.75) is 32.4 Å². The van der Waals surface area contributed by atoms with Gasteiger partial charge in [-0.1, -0.05) is 11.8 Å². The third-order valence-corrected chi connectivity index (χ3v) is 3.85. The fourth-order valence-electron chi connectivity index (χ4n) is 1.65. The molecule has 1 unspecified atom stereocenters. The molecular formula is C15H21NO3S. The van der Waals surface area contributed by atoms with Gasteiger partial charge in [-0.05, 0) is 30.4 Å². The summed E-state index contributed by atoms with van der Waals surface area (Å²) >= 11 is 1.52. The molecule has 1 heterocycles. The molecule has 0 aliphatic rings. The van der Waals surface area contributed by atoms with Crippen molar-refractivity contribution in [1.82, 2.24) is 4.90 Å². The van der Waals surface area contributed by atoms with Crippen LogP contribution in [0.2, 0.25) is 0 Å². The van der Waals surface area contributed by atoms with Crippen LogP contribution in [0.4, 0.5) is 0 Å². The molecule has 0 fully saturated rings. The molecule has 1 rings (SSSR count). The number of hydrogen-bond donors (Lipinski definition) is 1. The second kappa shape index (κ2) is 8.75. The van der Waals surface area contributed by atoms with E-state index < -0.39 is 0 Å². The van der Waals surface area contributed by atoms with Crippen molar-refractivity contribution in [1.29, 1.82) is 0 Å². The van der Waals surface area contributed by atoms with Gasteiger partial charge in [-0.3, -0.25) is 4.79 Å². The van der Waals surface area contributed by atoms with Crippen LogP contribution in [0.1, 0.15) is 30.2 Å². The largest absolute Gasteiger partial charge is 0.384 e. The second-order valence-electron chi connectivity index (χ2n) is 4.61. The fraction of sp³-hybridized carbons (Fsp3) is 0.533. The first-order chi connectivity index (χ1) is 9.56. The van der Waals surface area contributed by atoms with E-state index in [-0.39, 0.29) is 18.6 Å². The summed E-state index contributed by atoms with van der Waals surface area (Å²) in [5.74, 6) is 5.59. The lowest BCUT2D eigenvalue weighted by Crippen LogP contribution is -2.26. The molecule has 1 N–H and O–H groups in total. The van der Waals surface area contributed by atoms with Crippen molar-refractivity contribution in [3.05, 3.63) is 21.9 Å². The van der Waals surface area contributed by atoms with Gasteiger partial charge in [0.1, 0.15) is 6.61 Å². The maximum Gasteiger partial charge on any atom is 0.222 e. The van der Waals surface area contributed by atoms with E-state index in [1.54, 1.807) is 19.1 Å². The fourth-order valence-corrected chi connectivity index (χ4v) is 2.42. The van der Waals surface area contributed by atoms with Crippen molar-refractivity contribution in [3.8, 4) is 11.8 Å². The van der Waals surface area contributed by atoms with Gasteiger partial charge in [0.15, 0.2) is 0 Å². The molecule has 1 aromatic heterocycles. The highest BCUT2D eigenvalue weighted by molar-refractivity contribution is 7.10. The van der Waals surface area contributed by atoms with E-state index in [4.69, 9.17) is 9.84 Å². The molecule has 5 heteroatoms. The van der Waals surface area contributed by atoms with E-state index in [1.807, 2.05) is 18.4 Å². The maximum absolute atomic E-state index is 12.0. The number of carbonyl (C=O) groups excluding carboxylic acids is 1. The minimum Gasteiger partial charge on any atom is -0.384 e. The first-order valence-corrected chi connectivity index (χ1v) is 7.38. The van der Waals surface area contributed by atoms with E-state index in [0.29, 0.717) is 13.0 Å². The van der Waals surface area contributed by atoms with E-state index in [2.05, 4.69) is 11.8 Å². The summed E-state index contributed by atoms with van der Waals surface area (Å²) in [5, 5.41) is 10.6. The van der Waals surface area contributed by atoms with Crippen molar-refractivity contribution < 1.29 is 14.6 Å². The normalized spacial score (nSPS) is 11.6. The summed E-state index contributed by atoms with van der Waals surface area (Å²) in [6, 6.07) is 1.95. The molecule has 20 heavy (non-hydrogen) atoms. The Bertz CT molecular complexity index is 487. The minimum atomic E-state index is -0.136. The number of rotatable bonds is 6. The van der Waals surface area contributed by atoms with Gasteiger partial charge in [-0.15, -0.1) is 11.3 Å². The zero-order valence-corrected chi connectivity index (χ0v) is 13.0. The standard InChI is InChI=1S/C15H21NO3S/c1-12(19-3)6-7-15(18)16(2)10-13-9-14(20-11-13)5-4-8-17/h9,11-12,17H,6-8,10H2,1-3H3. The Morgan fingerprint density at radius 1 is 1.60 bits per heavy atom. The average Bonchev–Trinajstić information content (AvgIpc) is 2.89. The molecule has 0 bridgehead atoms. The molecule has 0 aliphatic heterocycles. The highest BCUT2D eigenvalue weighted by atomic mass is 32.1. The Morgan fingerprint density at radius 3 is 3.00 bits per heavy atom. The molecule has 110 valence electrons. The van der Waals surface area contributed by atoms with Crippen LogP contribution in [-0.2, 0) is 16.1 Å². The number of amides is 1. The Morgan fingerprint density at radius 2 is 2.35 bits per heavy atom. The predicted molar refractivity (Wildman–Crippen MR) is 80.5 cm³/mol. The summed E-state index contributed by atoms with van der Waals surface area (Å²) in [4.78, 5) is 14.6. The molecule has 0 aromatic carbocycles. The molecule has 0 saturated heterocycles. The summed E-state index contributed by atoms with van der Waals surface area (Å²) < 4.78 is 5.13. The lowest BCUT2D eigenvalue weighted by Gasteiger charge is -2.17. The van der Waals surface area contributed by atoms with Crippen LogP contribution in [0.3, 0.4) is 0 Å². The highest BCUT2D eigenvalue weighted by Gasteiger charge is 2.11. The third kappa shape index (κ3) is 5.74. The summed E-state index contributed by atoms with van der Waals surface area (Å²) in [7, 11) is 3.45. The second-order valence-corrected chi connectivity index (χ2v) is 5.53. The van der Waals surface area contributed by atoms with Crippen LogP contribution in [-0.4, -0.2) is 42.8 Å². The van der Waals surface area contributed by atoms with Gasteiger partial charge >= 0.3 is 0 Å². The molecule has 0 aliphatic carbocycles. The van der Waals surface area contributed by atoms with Crippen molar-refractivity contribution in [2.24, 2.45) is 0 Å². The number of hydrogen-bond acceptors (Lipinski definition) is 4. The molecule has 0 radical (unpaired) electrons. The summed E-state index contributed by atoms with van der Waals surface area (Å²) in [6.07, 6.45) is 1.33. The van der Waals surface area contributed by atoms with Gasteiger partial charge < -0.3 is 14.7 Å². The number of nitrogens with zero attached hydrogens (tertiary/aromatic N) is 1. The Hall–Kier alpha value is -1.35. The summed E-state index contributed by atoms with van der Waals surface area (Å²) in [5.41, 5.74) is 1.06. The van der Waals surface area contributed by atoms with Crippen LogP contribution < -0.4 is 0 Å². The monoisotopic (exact) mass is 295 g/mol. The van der Waals surface area contributed by atoms with Gasteiger partial charge in [0.2, 0.25) is 5.91 Å². The average molecular weight is 295 g/mol. The Labute approximate surface area is 124 Å². The van der Waals surface area contributed by atoms with Crippen molar-refractivity contribution in [3.63, 3.8) is 0 Å². The highest BCUT2D eigenvalue weighted by Crippen LogP contribution is 2.15. The van der Waals surface area contributed by atoms with Gasteiger partial charge in [-0.2, -0.15) is 0 Å². The van der Waals surface area contributed by atoms with E-state index in [1.165, 1.54) is 11.3 Å². The predicted octanol–water partition coefficient (Wildman–Crippen LogP) is 1.87. The quantitative estimate of drug-likeness (QED) is 0.815. The number of aliphatic hydroxyl groups is 1. The van der Waals surface area contributed by atoms with Gasteiger partial charge in [0.05, 0.1) is 11.0 Å². The molecular weight excluding hydrogens is 274 g/mol. The number of aliphatic hydroxyl groups excluding tert-OH is 1. The number of thiophene rings is 1. The third-order valence-electron chi connectivity index (χ3n) is 2.96. The molecule has 1 atom stereocenters. The minimum absolute atomic E-state index is 0.105. The zero-order chi connectivity index (χ0) is 15.0. The van der Waals surface area contributed by atoms with Crippen LogP contribution in [0.5, 0.6) is 0 Å². The molecule has 1 amide bonds. The first kappa shape index (κ1) is 16.7. The van der Waals surface area contributed by atoms with Crippen LogP contribution in [0.15, 0.2) is 11.4 Å². The van der Waals surface area contributed by atoms with Crippen LogP contribution in [0, 0.1) is 11.8 Å². The van der Waals surface area contributed by atoms with Crippen molar-refractivity contribution >= 4 is 17.2 Å². The lowest BCUT2D eigenvalue weighted by atomic mass is 10.2.